The summed E-state index contributed by atoms with van der Waals surface area (Å²) in [5, 5.41) is 12.6. The molecule has 144 valence electrons. The van der Waals surface area contributed by atoms with Gasteiger partial charge < -0.3 is 10.6 Å². The van der Waals surface area contributed by atoms with Gasteiger partial charge in [0.1, 0.15) is 0 Å². The number of aryl methyl sites for hydroxylation is 1. The van der Waals surface area contributed by atoms with Gasteiger partial charge in [0, 0.05) is 31.4 Å². The van der Waals surface area contributed by atoms with Gasteiger partial charge >= 0.3 is 0 Å². The monoisotopic (exact) mass is 494 g/mol. The zero-order valence-electron chi connectivity index (χ0n) is 15.9. The molecule has 0 saturated heterocycles. The van der Waals surface area contributed by atoms with Gasteiger partial charge in [0.2, 0.25) is 0 Å². The summed E-state index contributed by atoms with van der Waals surface area (Å²) >= 11 is 1.69. The predicted molar refractivity (Wildman–Crippen MR) is 128 cm³/mol. The van der Waals surface area contributed by atoms with Gasteiger partial charge in [-0.3, -0.25) is 4.99 Å². The number of fused-ring (bicyclic) bond motifs is 1. The van der Waals surface area contributed by atoms with Crippen molar-refractivity contribution < 1.29 is 0 Å². The molecule has 2 aromatic carbocycles. The number of hydrogen-bond acceptors (Lipinski definition) is 3. The molecule has 1 heterocycles. The lowest BCUT2D eigenvalue weighted by Crippen LogP contribution is -2.38. The van der Waals surface area contributed by atoms with Crippen LogP contribution in [0.15, 0.2) is 52.8 Å². The fraction of sp³-hybridized carbons (Fsp3) is 0.333. The Labute approximate surface area is 182 Å². The van der Waals surface area contributed by atoms with Crippen LogP contribution in [0.25, 0.3) is 10.8 Å². The molecule has 4 nitrogen and oxygen atoms in total. The third-order valence-corrected chi connectivity index (χ3v) is 4.99. The van der Waals surface area contributed by atoms with Crippen LogP contribution in [0.5, 0.6) is 0 Å². The van der Waals surface area contributed by atoms with Crippen LogP contribution in [0.2, 0.25) is 0 Å². The van der Waals surface area contributed by atoms with Crippen molar-refractivity contribution in [3.63, 3.8) is 0 Å². The summed E-state index contributed by atoms with van der Waals surface area (Å²) in [4.78, 5) is 9.15. The number of benzene rings is 2. The van der Waals surface area contributed by atoms with E-state index >= 15 is 0 Å². The number of hydrogen-bond donors (Lipinski definition) is 2. The fourth-order valence-corrected chi connectivity index (χ4v) is 3.51. The second-order valence-corrected chi connectivity index (χ2v) is 7.29. The third-order valence-electron chi connectivity index (χ3n) is 4.17. The van der Waals surface area contributed by atoms with E-state index in [9.17, 15) is 0 Å². The van der Waals surface area contributed by atoms with Gasteiger partial charge in [-0.15, -0.1) is 35.3 Å². The van der Waals surface area contributed by atoms with Crippen LogP contribution in [0.1, 0.15) is 23.2 Å². The van der Waals surface area contributed by atoms with E-state index in [-0.39, 0.29) is 24.0 Å². The minimum atomic E-state index is 0. The van der Waals surface area contributed by atoms with E-state index in [1.54, 1.807) is 11.3 Å². The number of aromatic nitrogens is 1. The Bertz CT molecular complexity index is 875. The molecular formula is C21H27IN4S. The lowest BCUT2D eigenvalue weighted by atomic mass is 10.1. The number of rotatable bonds is 7. The molecule has 0 aliphatic carbocycles. The number of nitrogens with one attached hydrogen (secondary N) is 2. The maximum atomic E-state index is 4.66. The SMILES string of the molecule is CCNC(=NCCc1csc(C)n1)NCCc1ccc2ccccc2c1.I. The van der Waals surface area contributed by atoms with Crippen LogP contribution >= 0.6 is 35.3 Å². The van der Waals surface area contributed by atoms with E-state index in [4.69, 9.17) is 0 Å². The van der Waals surface area contributed by atoms with Crippen molar-refractivity contribution in [3.05, 3.63) is 64.1 Å². The van der Waals surface area contributed by atoms with Gasteiger partial charge in [0.25, 0.3) is 0 Å². The number of halogens is 1. The molecule has 0 amide bonds. The van der Waals surface area contributed by atoms with Crippen molar-refractivity contribution in [2.75, 3.05) is 19.6 Å². The van der Waals surface area contributed by atoms with Gasteiger partial charge in [-0.2, -0.15) is 0 Å². The first-order valence-electron chi connectivity index (χ1n) is 9.15. The van der Waals surface area contributed by atoms with Crippen LogP contribution in [0.4, 0.5) is 0 Å². The molecule has 3 rings (SSSR count). The Hall–Kier alpha value is -1.67. The highest BCUT2D eigenvalue weighted by atomic mass is 127. The highest BCUT2D eigenvalue weighted by Crippen LogP contribution is 2.15. The topological polar surface area (TPSA) is 49.3 Å². The Balaban J connectivity index is 0.00000261. The molecule has 0 bridgehead atoms. The minimum Gasteiger partial charge on any atom is -0.357 e. The second kappa shape index (κ2) is 11.2. The molecule has 1 aromatic heterocycles. The first-order valence-corrected chi connectivity index (χ1v) is 10.0. The number of thiazole rings is 1. The van der Waals surface area contributed by atoms with Crippen LogP contribution < -0.4 is 10.6 Å². The average molecular weight is 494 g/mol. The normalized spacial score (nSPS) is 11.3. The summed E-state index contributed by atoms with van der Waals surface area (Å²) in [6.45, 7) is 6.59. The van der Waals surface area contributed by atoms with Crippen molar-refractivity contribution >= 4 is 52.0 Å². The van der Waals surface area contributed by atoms with E-state index in [0.717, 1.165) is 49.1 Å². The molecule has 6 heteroatoms. The average Bonchev–Trinajstić information content (AvgIpc) is 3.07. The molecule has 0 fully saturated rings. The van der Waals surface area contributed by atoms with Crippen molar-refractivity contribution in [2.24, 2.45) is 4.99 Å². The van der Waals surface area contributed by atoms with E-state index < -0.39 is 0 Å². The van der Waals surface area contributed by atoms with Gasteiger partial charge in [0.05, 0.1) is 10.7 Å². The number of aliphatic imine (C=N–C) groups is 1. The van der Waals surface area contributed by atoms with Crippen molar-refractivity contribution in [1.29, 1.82) is 0 Å². The molecule has 0 aliphatic heterocycles. The Kier molecular flexibility index (Phi) is 9.00. The second-order valence-electron chi connectivity index (χ2n) is 6.23. The van der Waals surface area contributed by atoms with E-state index in [1.807, 2.05) is 6.92 Å². The fourth-order valence-electron chi connectivity index (χ4n) is 2.87. The number of guanidine groups is 1. The summed E-state index contributed by atoms with van der Waals surface area (Å²) in [5.74, 6) is 0.875. The molecule has 2 N–H and O–H groups in total. The molecular weight excluding hydrogens is 467 g/mol. The number of nitrogens with zero attached hydrogens (tertiary/aromatic N) is 2. The summed E-state index contributed by atoms with van der Waals surface area (Å²) in [6, 6.07) is 15.2. The Morgan fingerprint density at radius 2 is 1.89 bits per heavy atom. The zero-order chi connectivity index (χ0) is 18.2. The standard InChI is InChI=1S/C21H26N4S.HI/c1-3-22-21(24-13-11-20-15-26-16(2)25-20)23-12-10-17-8-9-18-6-4-5-7-19(18)14-17;/h4-9,14-15H,3,10-13H2,1-2H3,(H2,22,23,24);1H. The van der Waals surface area contributed by atoms with Gasteiger partial charge in [-0.05, 0) is 36.6 Å². The molecule has 0 saturated carbocycles. The van der Waals surface area contributed by atoms with Crippen molar-refractivity contribution in [2.45, 2.75) is 26.7 Å². The highest BCUT2D eigenvalue weighted by Gasteiger charge is 2.01. The van der Waals surface area contributed by atoms with Gasteiger partial charge in [-0.1, -0.05) is 42.5 Å². The smallest absolute Gasteiger partial charge is 0.191 e. The quantitative estimate of drug-likeness (QED) is 0.288. The Morgan fingerprint density at radius 1 is 1.07 bits per heavy atom. The molecule has 0 radical (unpaired) electrons. The lowest BCUT2D eigenvalue weighted by molar-refractivity contribution is 0.795. The summed E-state index contributed by atoms with van der Waals surface area (Å²) < 4.78 is 0. The highest BCUT2D eigenvalue weighted by molar-refractivity contribution is 14.0. The van der Waals surface area contributed by atoms with Crippen molar-refractivity contribution in [1.82, 2.24) is 15.6 Å². The van der Waals surface area contributed by atoms with Crippen LogP contribution in [0.3, 0.4) is 0 Å². The van der Waals surface area contributed by atoms with Gasteiger partial charge in [-0.25, -0.2) is 4.98 Å². The molecule has 27 heavy (non-hydrogen) atoms. The first-order chi connectivity index (χ1) is 12.7. The summed E-state index contributed by atoms with van der Waals surface area (Å²) in [7, 11) is 0. The van der Waals surface area contributed by atoms with Crippen molar-refractivity contribution in [3.8, 4) is 0 Å². The largest absolute Gasteiger partial charge is 0.357 e. The third kappa shape index (κ3) is 6.77. The maximum absolute atomic E-state index is 4.66. The molecule has 3 aromatic rings. The van der Waals surface area contributed by atoms with E-state index in [2.05, 4.69) is 75.4 Å². The molecule has 0 atom stereocenters. The zero-order valence-corrected chi connectivity index (χ0v) is 19.0. The van der Waals surface area contributed by atoms with E-state index in [0.29, 0.717) is 0 Å². The predicted octanol–water partition coefficient (Wildman–Crippen LogP) is 4.56. The molecule has 0 aliphatic rings. The molecule has 0 spiro atoms. The summed E-state index contributed by atoms with van der Waals surface area (Å²) in [6.07, 6.45) is 1.85. The first kappa shape index (κ1) is 21.6. The molecule has 0 unspecified atom stereocenters. The summed E-state index contributed by atoms with van der Waals surface area (Å²) in [5.41, 5.74) is 2.47. The van der Waals surface area contributed by atoms with Gasteiger partial charge in [0.15, 0.2) is 5.96 Å². The van der Waals surface area contributed by atoms with Crippen LogP contribution in [0, 0.1) is 6.92 Å². The van der Waals surface area contributed by atoms with Crippen LogP contribution in [-0.2, 0) is 12.8 Å². The maximum Gasteiger partial charge on any atom is 0.191 e. The van der Waals surface area contributed by atoms with Crippen LogP contribution in [-0.4, -0.2) is 30.6 Å². The lowest BCUT2D eigenvalue weighted by Gasteiger charge is -2.11. The van der Waals surface area contributed by atoms with E-state index in [1.165, 1.54) is 16.3 Å². The minimum absolute atomic E-state index is 0. The Morgan fingerprint density at radius 3 is 2.63 bits per heavy atom.